The van der Waals surface area contributed by atoms with Gasteiger partial charge in [-0.15, -0.1) is 0 Å². The van der Waals surface area contributed by atoms with Crippen molar-refractivity contribution in [3.63, 3.8) is 0 Å². The van der Waals surface area contributed by atoms with Gasteiger partial charge < -0.3 is 10.2 Å². The van der Waals surface area contributed by atoms with Crippen LogP contribution in [0.3, 0.4) is 0 Å². The lowest BCUT2D eigenvalue weighted by Gasteiger charge is -2.08. The van der Waals surface area contributed by atoms with E-state index in [1.54, 1.807) is 6.92 Å². The van der Waals surface area contributed by atoms with E-state index in [4.69, 9.17) is 10.2 Å². The monoisotopic (exact) mass is 159 g/mol. The van der Waals surface area contributed by atoms with Crippen LogP contribution >= 0.6 is 0 Å². The van der Waals surface area contributed by atoms with Crippen molar-refractivity contribution in [3.05, 3.63) is 6.92 Å². The highest BCUT2D eigenvalue weighted by atomic mass is 16.4. The Balaban J connectivity index is 4.12. The molecule has 4 heteroatoms. The first-order valence-electron chi connectivity index (χ1n) is 3.23. The van der Waals surface area contributed by atoms with Gasteiger partial charge in [0.2, 0.25) is 0 Å². The standard InChI is InChI=1S/C7H11O4/c1-4(2)3-5(6(8)9)7(10)11/h4-5H,1,3H2,2H3,(H,8,9)(H,10,11). The Morgan fingerprint density at radius 2 is 1.73 bits per heavy atom. The minimum absolute atomic E-state index is 0.0741. The minimum atomic E-state index is -1.32. The van der Waals surface area contributed by atoms with Crippen LogP contribution in [0.25, 0.3) is 0 Å². The summed E-state index contributed by atoms with van der Waals surface area (Å²) < 4.78 is 0. The molecule has 11 heavy (non-hydrogen) atoms. The van der Waals surface area contributed by atoms with Crippen LogP contribution in [0.5, 0.6) is 0 Å². The molecule has 0 spiro atoms. The van der Waals surface area contributed by atoms with Gasteiger partial charge in [-0.1, -0.05) is 13.8 Å². The Bertz CT molecular complexity index is 148. The van der Waals surface area contributed by atoms with E-state index in [9.17, 15) is 9.59 Å². The van der Waals surface area contributed by atoms with Gasteiger partial charge in [-0.05, 0) is 12.3 Å². The fourth-order valence-electron chi connectivity index (χ4n) is 0.710. The molecule has 0 aromatic heterocycles. The van der Waals surface area contributed by atoms with Crippen LogP contribution < -0.4 is 0 Å². The summed E-state index contributed by atoms with van der Waals surface area (Å²) >= 11 is 0. The predicted molar refractivity (Wildman–Crippen MR) is 37.9 cm³/mol. The van der Waals surface area contributed by atoms with Crippen molar-refractivity contribution in [2.45, 2.75) is 13.3 Å². The molecule has 0 fully saturated rings. The highest BCUT2D eigenvalue weighted by Gasteiger charge is 2.26. The van der Waals surface area contributed by atoms with Gasteiger partial charge in [0.05, 0.1) is 0 Å². The summed E-state index contributed by atoms with van der Waals surface area (Å²) in [7, 11) is 0. The predicted octanol–water partition coefficient (Wildman–Crippen LogP) is 0.632. The van der Waals surface area contributed by atoms with Gasteiger partial charge in [-0.3, -0.25) is 9.59 Å². The third kappa shape index (κ3) is 3.60. The topological polar surface area (TPSA) is 74.6 Å². The number of aliphatic carboxylic acids is 2. The van der Waals surface area contributed by atoms with E-state index in [1.165, 1.54) is 0 Å². The van der Waals surface area contributed by atoms with Crippen molar-refractivity contribution < 1.29 is 19.8 Å². The number of carbonyl (C=O) groups is 2. The zero-order valence-corrected chi connectivity index (χ0v) is 6.28. The number of rotatable bonds is 4. The fourth-order valence-corrected chi connectivity index (χ4v) is 0.710. The molecule has 1 unspecified atom stereocenters. The molecule has 0 aromatic carbocycles. The van der Waals surface area contributed by atoms with Gasteiger partial charge >= 0.3 is 11.9 Å². The third-order valence-electron chi connectivity index (χ3n) is 1.23. The molecule has 0 amide bonds. The summed E-state index contributed by atoms with van der Waals surface area (Å²) in [4.78, 5) is 20.5. The van der Waals surface area contributed by atoms with Gasteiger partial charge in [-0.2, -0.15) is 0 Å². The van der Waals surface area contributed by atoms with E-state index in [-0.39, 0.29) is 12.3 Å². The second-order valence-corrected chi connectivity index (χ2v) is 2.57. The van der Waals surface area contributed by atoms with Gasteiger partial charge in [0.15, 0.2) is 5.92 Å². The summed E-state index contributed by atoms with van der Waals surface area (Å²) in [5.41, 5.74) is 0. The van der Waals surface area contributed by atoms with E-state index < -0.39 is 17.9 Å². The van der Waals surface area contributed by atoms with Crippen LogP contribution in [0.15, 0.2) is 0 Å². The second-order valence-electron chi connectivity index (χ2n) is 2.57. The maximum atomic E-state index is 10.3. The van der Waals surface area contributed by atoms with Gasteiger partial charge in [0.25, 0.3) is 0 Å². The molecule has 0 aliphatic heterocycles. The van der Waals surface area contributed by atoms with Crippen molar-refractivity contribution in [2.75, 3.05) is 0 Å². The maximum Gasteiger partial charge on any atom is 0.317 e. The van der Waals surface area contributed by atoms with Crippen molar-refractivity contribution in [1.82, 2.24) is 0 Å². The number of hydrogen-bond donors (Lipinski definition) is 2. The number of carboxylic acids is 2. The Labute approximate surface area is 64.8 Å². The molecular formula is C7H11O4. The Kier molecular flexibility index (Phi) is 3.57. The van der Waals surface area contributed by atoms with Crippen LogP contribution in [0, 0.1) is 18.8 Å². The molecule has 0 aliphatic carbocycles. The molecular weight excluding hydrogens is 148 g/mol. The summed E-state index contributed by atoms with van der Waals surface area (Å²) in [6.07, 6.45) is 0.0741. The molecule has 1 radical (unpaired) electrons. The van der Waals surface area contributed by atoms with Crippen molar-refractivity contribution in [3.8, 4) is 0 Å². The first kappa shape index (κ1) is 9.94. The minimum Gasteiger partial charge on any atom is -0.481 e. The van der Waals surface area contributed by atoms with Gasteiger partial charge in [-0.25, -0.2) is 0 Å². The van der Waals surface area contributed by atoms with E-state index in [1.807, 2.05) is 0 Å². The van der Waals surface area contributed by atoms with Gasteiger partial charge in [0.1, 0.15) is 0 Å². The quantitative estimate of drug-likeness (QED) is 0.590. The average Bonchev–Trinajstić information content (AvgIpc) is 1.81. The van der Waals surface area contributed by atoms with E-state index >= 15 is 0 Å². The molecule has 0 bridgehead atoms. The Hall–Kier alpha value is -1.06. The highest BCUT2D eigenvalue weighted by Crippen LogP contribution is 2.11. The molecule has 1 atom stereocenters. The normalized spacial score (nSPS) is 10.5. The lowest BCUT2D eigenvalue weighted by atomic mass is 9.98. The van der Waals surface area contributed by atoms with E-state index in [2.05, 4.69) is 6.92 Å². The number of hydrogen-bond acceptors (Lipinski definition) is 2. The van der Waals surface area contributed by atoms with Crippen molar-refractivity contribution >= 4 is 11.9 Å². The van der Waals surface area contributed by atoms with Crippen molar-refractivity contribution in [1.29, 1.82) is 0 Å². The highest BCUT2D eigenvalue weighted by molar-refractivity contribution is 5.92. The summed E-state index contributed by atoms with van der Waals surface area (Å²) in [5.74, 6) is -4.07. The zero-order chi connectivity index (χ0) is 9.02. The molecule has 0 aromatic rings. The summed E-state index contributed by atoms with van der Waals surface area (Å²) in [6.45, 7) is 5.20. The van der Waals surface area contributed by atoms with Crippen LogP contribution in [0.1, 0.15) is 13.3 Å². The molecule has 0 saturated carbocycles. The Morgan fingerprint density at radius 1 is 1.36 bits per heavy atom. The molecule has 0 heterocycles. The van der Waals surface area contributed by atoms with Gasteiger partial charge in [0, 0.05) is 0 Å². The zero-order valence-electron chi connectivity index (χ0n) is 6.28. The average molecular weight is 159 g/mol. The maximum absolute atomic E-state index is 10.3. The molecule has 0 saturated heterocycles. The second kappa shape index (κ2) is 3.95. The van der Waals surface area contributed by atoms with Crippen LogP contribution in [0.4, 0.5) is 0 Å². The van der Waals surface area contributed by atoms with Crippen LogP contribution in [0.2, 0.25) is 0 Å². The molecule has 63 valence electrons. The number of carboxylic acid groups (broad SMARTS) is 2. The molecule has 4 nitrogen and oxygen atoms in total. The SMILES string of the molecule is [CH2]C(C)CC(C(=O)O)C(=O)O. The third-order valence-corrected chi connectivity index (χ3v) is 1.23. The van der Waals surface area contributed by atoms with E-state index in [0.717, 1.165) is 0 Å². The molecule has 0 rings (SSSR count). The molecule has 0 aliphatic rings. The smallest absolute Gasteiger partial charge is 0.317 e. The fraction of sp³-hybridized carbons (Fsp3) is 0.571. The largest absolute Gasteiger partial charge is 0.481 e. The van der Waals surface area contributed by atoms with E-state index in [0.29, 0.717) is 0 Å². The first-order valence-corrected chi connectivity index (χ1v) is 3.23. The molecule has 2 N–H and O–H groups in total. The van der Waals surface area contributed by atoms with Crippen LogP contribution in [-0.4, -0.2) is 22.2 Å². The first-order chi connectivity index (χ1) is 4.95. The Morgan fingerprint density at radius 3 is 1.82 bits per heavy atom. The van der Waals surface area contributed by atoms with Crippen LogP contribution in [-0.2, 0) is 9.59 Å². The lowest BCUT2D eigenvalue weighted by molar-refractivity contribution is -0.155. The summed E-state index contributed by atoms with van der Waals surface area (Å²) in [5, 5.41) is 16.8. The summed E-state index contributed by atoms with van der Waals surface area (Å²) in [6, 6.07) is 0. The lowest BCUT2D eigenvalue weighted by Crippen LogP contribution is -2.24. The van der Waals surface area contributed by atoms with Crippen molar-refractivity contribution in [2.24, 2.45) is 11.8 Å².